The molecule has 0 aliphatic heterocycles. The van der Waals surface area contributed by atoms with Crippen molar-refractivity contribution in [2.75, 3.05) is 0 Å². The van der Waals surface area contributed by atoms with Gasteiger partial charge in [-0.2, -0.15) is 0 Å². The molecule has 1 rings (SSSR count). The third-order valence-electron chi connectivity index (χ3n) is 2.10. The maximum absolute atomic E-state index is 11.0. The van der Waals surface area contributed by atoms with Gasteiger partial charge in [-0.1, -0.05) is 6.07 Å². The van der Waals surface area contributed by atoms with Gasteiger partial charge in [0.05, 0.1) is 0 Å². The molecular formula is C7H21NNaO12P2+. The van der Waals surface area contributed by atoms with E-state index in [2.05, 4.69) is 4.98 Å². The predicted octanol–water partition coefficient (Wildman–Crippen LogP) is -7.49. The van der Waals surface area contributed by atoms with E-state index >= 15 is 0 Å². The van der Waals surface area contributed by atoms with Crippen molar-refractivity contribution in [1.29, 1.82) is 0 Å². The van der Waals surface area contributed by atoms with Gasteiger partial charge in [0.25, 0.3) is 5.08 Å². The third kappa shape index (κ3) is 9.31. The van der Waals surface area contributed by atoms with E-state index in [0.717, 1.165) is 6.20 Å². The molecule has 0 amide bonds. The van der Waals surface area contributed by atoms with Crippen LogP contribution in [0.25, 0.3) is 0 Å². The van der Waals surface area contributed by atoms with Gasteiger partial charge in [0.1, 0.15) is 0 Å². The summed E-state index contributed by atoms with van der Waals surface area (Å²) in [5.74, 6) is 0. The van der Waals surface area contributed by atoms with Gasteiger partial charge in [-0.25, -0.2) is 0 Å². The maximum Gasteiger partial charge on any atom is 1.00 e. The number of nitrogens with zero attached hydrogens (tertiary/aromatic N) is 1. The van der Waals surface area contributed by atoms with Crippen LogP contribution in [0.4, 0.5) is 0 Å². The molecule has 16 heteroatoms. The van der Waals surface area contributed by atoms with E-state index in [-0.39, 0.29) is 62.5 Å². The molecule has 0 spiro atoms. The predicted molar refractivity (Wildman–Crippen MR) is 75.0 cm³/mol. The molecule has 0 radical (unpaired) electrons. The molecule has 23 heavy (non-hydrogen) atoms. The van der Waals surface area contributed by atoms with Crippen molar-refractivity contribution >= 4 is 15.2 Å². The smallest absolute Gasteiger partial charge is 0.412 e. The standard InChI is InChI=1S/C7H11NO7P2.Na.5H2O/c9-7(16(10,11)12,17(13,14)15)4-6-2-1-3-8-5-6;;;;;;/h1-3,5,9H,4H2,(H2,10,11,12)(H2,13,14,15);;5*1H2/q;+1;;;;;. The van der Waals surface area contributed by atoms with Crippen LogP contribution in [0.1, 0.15) is 5.56 Å². The Bertz CT molecular complexity index is 467. The average molecular weight is 396 g/mol. The quantitative estimate of drug-likeness (QED) is 0.240. The Hall–Kier alpha value is 0.210. The molecule has 1 aromatic rings. The summed E-state index contributed by atoms with van der Waals surface area (Å²) in [7, 11) is -10.8. The number of pyridine rings is 1. The molecule has 15 N–H and O–H groups in total. The summed E-state index contributed by atoms with van der Waals surface area (Å²) < 4.78 is 22.1. The third-order valence-corrected chi connectivity index (χ3v) is 5.84. The summed E-state index contributed by atoms with van der Waals surface area (Å²) >= 11 is 0. The van der Waals surface area contributed by atoms with Crippen LogP contribution in [0, 0.1) is 0 Å². The van der Waals surface area contributed by atoms with Crippen LogP contribution in [-0.2, 0) is 15.6 Å². The van der Waals surface area contributed by atoms with Gasteiger partial charge in [-0.3, -0.25) is 14.1 Å². The molecule has 0 aliphatic carbocycles. The Kier molecular flexibility index (Phi) is 22.7. The first kappa shape index (κ1) is 38.7. The number of hydrogen-bond donors (Lipinski definition) is 5. The van der Waals surface area contributed by atoms with Crippen LogP contribution in [0.3, 0.4) is 0 Å². The van der Waals surface area contributed by atoms with Crippen LogP contribution in [0.2, 0.25) is 0 Å². The Balaban J connectivity index is -0.000000120. The molecule has 0 aromatic carbocycles. The van der Waals surface area contributed by atoms with E-state index < -0.39 is 26.7 Å². The second kappa shape index (κ2) is 13.5. The van der Waals surface area contributed by atoms with Gasteiger partial charge in [0.15, 0.2) is 0 Å². The summed E-state index contributed by atoms with van der Waals surface area (Å²) in [4.78, 5) is 39.1. The van der Waals surface area contributed by atoms with E-state index in [9.17, 15) is 14.2 Å². The zero-order chi connectivity index (χ0) is 13.3. The Morgan fingerprint density at radius 3 is 1.61 bits per heavy atom. The van der Waals surface area contributed by atoms with Gasteiger partial charge >= 0.3 is 44.7 Å². The van der Waals surface area contributed by atoms with Crippen LogP contribution >= 0.6 is 15.2 Å². The van der Waals surface area contributed by atoms with Crippen LogP contribution in [0.15, 0.2) is 24.5 Å². The second-order valence-electron chi connectivity index (χ2n) is 3.40. The molecule has 1 aromatic heterocycles. The molecule has 0 fully saturated rings. The number of aliphatic hydroxyl groups is 1. The molecule has 0 unspecified atom stereocenters. The van der Waals surface area contributed by atoms with Gasteiger partial charge in [-0.05, 0) is 11.6 Å². The fourth-order valence-corrected chi connectivity index (χ4v) is 3.29. The van der Waals surface area contributed by atoms with Crippen molar-refractivity contribution in [3.05, 3.63) is 30.1 Å². The van der Waals surface area contributed by atoms with Crippen LogP contribution in [-0.4, -0.2) is 62.1 Å². The normalized spacial score (nSPS) is 10.1. The summed E-state index contributed by atoms with van der Waals surface area (Å²) in [6.07, 6.45) is 1.63. The van der Waals surface area contributed by atoms with E-state index in [4.69, 9.17) is 19.6 Å². The minimum Gasteiger partial charge on any atom is -0.412 e. The number of aromatic nitrogens is 1. The monoisotopic (exact) mass is 396 g/mol. The molecule has 13 nitrogen and oxygen atoms in total. The van der Waals surface area contributed by atoms with Crippen molar-refractivity contribution in [3.8, 4) is 0 Å². The Morgan fingerprint density at radius 1 is 0.957 bits per heavy atom. The van der Waals surface area contributed by atoms with Crippen molar-refractivity contribution < 1.29 is 90.7 Å². The summed E-state index contributed by atoms with van der Waals surface area (Å²) in [6, 6.07) is 2.75. The minimum atomic E-state index is -5.41. The number of hydrogen-bond acceptors (Lipinski definition) is 4. The van der Waals surface area contributed by atoms with Crippen molar-refractivity contribution in [2.45, 2.75) is 11.5 Å². The largest absolute Gasteiger partial charge is 1.00 e. The molecule has 0 saturated carbocycles. The molecule has 0 aliphatic rings. The zero-order valence-corrected chi connectivity index (χ0v) is 15.7. The van der Waals surface area contributed by atoms with Gasteiger partial charge < -0.3 is 52.1 Å². The van der Waals surface area contributed by atoms with E-state index in [1.54, 1.807) is 0 Å². The van der Waals surface area contributed by atoms with Crippen molar-refractivity contribution in [2.24, 2.45) is 0 Å². The van der Waals surface area contributed by atoms with Gasteiger partial charge in [0, 0.05) is 18.8 Å². The van der Waals surface area contributed by atoms with Crippen molar-refractivity contribution in [3.63, 3.8) is 0 Å². The molecule has 1 heterocycles. The SMILES string of the molecule is O.O.O.O.O.O=P(O)(O)C(O)(Cc1cccnc1)P(=O)(O)O.[Na+]. The minimum absolute atomic E-state index is 0. The first-order valence-corrected chi connectivity index (χ1v) is 7.53. The van der Waals surface area contributed by atoms with Crippen LogP contribution in [0.5, 0.6) is 0 Å². The molecule has 0 bridgehead atoms. The second-order valence-corrected chi connectivity index (χ2v) is 7.41. The Morgan fingerprint density at radius 2 is 1.35 bits per heavy atom. The van der Waals surface area contributed by atoms with Gasteiger partial charge in [0.2, 0.25) is 0 Å². The molecular weight excluding hydrogens is 375 g/mol. The van der Waals surface area contributed by atoms with Crippen molar-refractivity contribution in [1.82, 2.24) is 4.98 Å². The zero-order valence-electron chi connectivity index (χ0n) is 11.9. The number of rotatable bonds is 4. The summed E-state index contributed by atoms with van der Waals surface area (Å²) in [5.41, 5.74) is 0.0988. The van der Waals surface area contributed by atoms with E-state index in [0.29, 0.717) is 0 Å². The fourth-order valence-electron chi connectivity index (χ4n) is 1.15. The molecule has 0 saturated heterocycles. The maximum atomic E-state index is 11.0. The van der Waals surface area contributed by atoms with Gasteiger partial charge in [-0.15, -0.1) is 0 Å². The fraction of sp³-hybridized carbons (Fsp3) is 0.286. The topological polar surface area (TPSA) is 306 Å². The molecule has 136 valence electrons. The van der Waals surface area contributed by atoms with E-state index in [1.807, 2.05) is 0 Å². The summed E-state index contributed by atoms with van der Waals surface area (Å²) in [6.45, 7) is 0. The first-order chi connectivity index (χ1) is 7.58. The van der Waals surface area contributed by atoms with Crippen LogP contribution < -0.4 is 29.6 Å². The van der Waals surface area contributed by atoms with E-state index in [1.165, 1.54) is 18.3 Å². The Labute approximate surface area is 152 Å². The molecule has 0 atom stereocenters. The average Bonchev–Trinajstić information content (AvgIpc) is 2.15. The first-order valence-electron chi connectivity index (χ1n) is 4.30. The summed E-state index contributed by atoms with van der Waals surface area (Å²) in [5, 5.41) is 6.16.